The summed E-state index contributed by atoms with van der Waals surface area (Å²) < 4.78 is 7.32. The molecule has 0 saturated carbocycles. The predicted octanol–water partition coefficient (Wildman–Crippen LogP) is 1.85. The lowest BCUT2D eigenvalue weighted by molar-refractivity contribution is 0.0901. The first kappa shape index (κ1) is 18.1. The molecular formula is C20H27N5O2. The number of aromatic nitrogens is 3. The van der Waals surface area contributed by atoms with Crippen molar-refractivity contribution in [3.63, 3.8) is 0 Å². The lowest BCUT2D eigenvalue weighted by atomic mass is 10.0. The number of piperidine rings is 1. The second-order valence-electron chi connectivity index (χ2n) is 7.47. The molecule has 0 spiro atoms. The first-order valence-corrected chi connectivity index (χ1v) is 9.85. The molecule has 7 nitrogen and oxygen atoms in total. The molecule has 2 aliphatic rings. The van der Waals surface area contributed by atoms with Crippen molar-refractivity contribution >= 4 is 5.91 Å². The van der Waals surface area contributed by atoms with Crippen LogP contribution in [0.5, 0.6) is 0 Å². The van der Waals surface area contributed by atoms with E-state index in [1.807, 2.05) is 6.07 Å². The van der Waals surface area contributed by atoms with Crippen molar-refractivity contribution in [3.05, 3.63) is 47.8 Å². The van der Waals surface area contributed by atoms with Gasteiger partial charge in [-0.05, 0) is 31.2 Å². The van der Waals surface area contributed by atoms with Crippen molar-refractivity contribution in [1.29, 1.82) is 0 Å². The standard InChI is InChI=1S/C20H27N5O2/c26-20(19-15-25(23-22-19)14-18-7-4-12-27-18)21-17-8-10-24(11-9-17)13-16-5-2-1-3-6-16/h1-3,5-6,15,17-18H,4,7-14H2,(H,21,26)/t18-/m1/s1. The third kappa shape index (κ3) is 4.93. The van der Waals surface area contributed by atoms with E-state index in [0.717, 1.165) is 51.9 Å². The Hall–Kier alpha value is -2.25. The highest BCUT2D eigenvalue weighted by Crippen LogP contribution is 2.15. The Morgan fingerprint density at radius 3 is 2.74 bits per heavy atom. The number of amides is 1. The van der Waals surface area contributed by atoms with E-state index in [1.165, 1.54) is 5.56 Å². The van der Waals surface area contributed by atoms with Gasteiger partial charge in [-0.2, -0.15) is 0 Å². The molecule has 2 aromatic rings. The molecule has 0 radical (unpaired) electrons. The number of carbonyl (C=O) groups is 1. The van der Waals surface area contributed by atoms with Gasteiger partial charge >= 0.3 is 0 Å². The summed E-state index contributed by atoms with van der Waals surface area (Å²) in [6, 6.07) is 10.7. The predicted molar refractivity (Wildman–Crippen MR) is 101 cm³/mol. The molecule has 1 N–H and O–H groups in total. The maximum absolute atomic E-state index is 12.5. The number of nitrogens with one attached hydrogen (secondary N) is 1. The average molecular weight is 369 g/mol. The minimum absolute atomic E-state index is 0.130. The molecule has 2 fully saturated rings. The first-order chi connectivity index (χ1) is 13.3. The Balaban J connectivity index is 1.23. The molecule has 0 aliphatic carbocycles. The Morgan fingerprint density at radius 2 is 2.00 bits per heavy atom. The summed E-state index contributed by atoms with van der Waals surface area (Å²) >= 11 is 0. The van der Waals surface area contributed by atoms with Crippen LogP contribution in [0.4, 0.5) is 0 Å². The molecule has 1 aromatic carbocycles. The van der Waals surface area contributed by atoms with Crippen LogP contribution in [0, 0.1) is 0 Å². The highest BCUT2D eigenvalue weighted by atomic mass is 16.5. The van der Waals surface area contributed by atoms with Crippen LogP contribution in [0.2, 0.25) is 0 Å². The van der Waals surface area contributed by atoms with Gasteiger partial charge in [-0.3, -0.25) is 9.69 Å². The smallest absolute Gasteiger partial charge is 0.273 e. The topological polar surface area (TPSA) is 72.3 Å². The van der Waals surface area contributed by atoms with Crippen LogP contribution in [0.15, 0.2) is 36.5 Å². The molecule has 2 aliphatic heterocycles. The van der Waals surface area contributed by atoms with E-state index >= 15 is 0 Å². The quantitative estimate of drug-likeness (QED) is 0.841. The number of hydrogen-bond acceptors (Lipinski definition) is 5. The number of rotatable bonds is 6. The van der Waals surface area contributed by atoms with Gasteiger partial charge in [0.25, 0.3) is 5.91 Å². The molecule has 7 heteroatoms. The van der Waals surface area contributed by atoms with E-state index in [9.17, 15) is 4.79 Å². The summed E-state index contributed by atoms with van der Waals surface area (Å²) in [5.41, 5.74) is 1.72. The second kappa shape index (κ2) is 8.63. The highest BCUT2D eigenvalue weighted by Gasteiger charge is 2.23. The van der Waals surface area contributed by atoms with Gasteiger partial charge in [0.2, 0.25) is 0 Å². The van der Waals surface area contributed by atoms with Crippen molar-refractivity contribution in [1.82, 2.24) is 25.2 Å². The van der Waals surface area contributed by atoms with Gasteiger partial charge in [-0.1, -0.05) is 35.5 Å². The van der Waals surface area contributed by atoms with Gasteiger partial charge in [0.05, 0.1) is 18.8 Å². The van der Waals surface area contributed by atoms with E-state index in [0.29, 0.717) is 12.2 Å². The largest absolute Gasteiger partial charge is 0.376 e. The third-order valence-corrected chi connectivity index (χ3v) is 5.36. The Labute approximate surface area is 159 Å². The fourth-order valence-electron chi connectivity index (χ4n) is 3.83. The minimum atomic E-state index is -0.130. The molecule has 144 valence electrons. The molecule has 1 atom stereocenters. The van der Waals surface area contributed by atoms with Crippen molar-refractivity contribution in [3.8, 4) is 0 Å². The monoisotopic (exact) mass is 369 g/mol. The van der Waals surface area contributed by atoms with Crippen molar-refractivity contribution < 1.29 is 9.53 Å². The Bertz CT molecular complexity index is 734. The number of ether oxygens (including phenoxy) is 1. The van der Waals surface area contributed by atoms with Crippen LogP contribution in [0.3, 0.4) is 0 Å². The number of nitrogens with zero attached hydrogens (tertiary/aromatic N) is 4. The molecule has 4 rings (SSSR count). The summed E-state index contributed by atoms with van der Waals surface area (Å²) in [7, 11) is 0. The Kier molecular flexibility index (Phi) is 5.79. The van der Waals surface area contributed by atoms with Gasteiger partial charge in [0, 0.05) is 32.3 Å². The number of benzene rings is 1. The summed E-state index contributed by atoms with van der Waals surface area (Å²) in [6.45, 7) is 4.43. The average Bonchev–Trinajstić information content (AvgIpc) is 3.37. The molecule has 0 unspecified atom stereocenters. The molecule has 0 bridgehead atoms. The molecule has 2 saturated heterocycles. The SMILES string of the molecule is O=C(NC1CCN(Cc2ccccc2)CC1)c1cn(C[C@H]2CCCO2)nn1. The van der Waals surface area contributed by atoms with Crippen molar-refractivity contribution in [2.45, 2.75) is 50.9 Å². The molecule has 27 heavy (non-hydrogen) atoms. The zero-order valence-electron chi connectivity index (χ0n) is 15.6. The highest BCUT2D eigenvalue weighted by molar-refractivity contribution is 5.92. The van der Waals surface area contributed by atoms with Crippen LogP contribution in [-0.4, -0.2) is 57.6 Å². The zero-order valence-corrected chi connectivity index (χ0v) is 15.6. The lowest BCUT2D eigenvalue weighted by Gasteiger charge is -2.32. The number of hydrogen-bond donors (Lipinski definition) is 1. The molecule has 3 heterocycles. The molecule has 1 amide bonds. The maximum Gasteiger partial charge on any atom is 0.273 e. The van der Waals surface area contributed by atoms with Gasteiger partial charge in [-0.15, -0.1) is 5.10 Å². The van der Waals surface area contributed by atoms with E-state index in [-0.39, 0.29) is 18.1 Å². The first-order valence-electron chi connectivity index (χ1n) is 9.85. The third-order valence-electron chi connectivity index (χ3n) is 5.36. The summed E-state index contributed by atoms with van der Waals surface area (Å²) in [6.07, 6.45) is 5.97. The van der Waals surface area contributed by atoms with E-state index in [4.69, 9.17) is 4.74 Å². The molecule has 1 aromatic heterocycles. The van der Waals surface area contributed by atoms with E-state index in [2.05, 4.69) is 44.8 Å². The van der Waals surface area contributed by atoms with E-state index in [1.54, 1.807) is 10.9 Å². The van der Waals surface area contributed by atoms with Crippen LogP contribution in [-0.2, 0) is 17.8 Å². The van der Waals surface area contributed by atoms with Gasteiger partial charge in [0.15, 0.2) is 5.69 Å². The summed E-state index contributed by atoms with van der Waals surface area (Å²) in [5.74, 6) is -0.130. The van der Waals surface area contributed by atoms with Crippen LogP contribution in [0.25, 0.3) is 0 Å². The fourth-order valence-corrected chi connectivity index (χ4v) is 3.83. The minimum Gasteiger partial charge on any atom is -0.376 e. The van der Waals surface area contributed by atoms with E-state index < -0.39 is 0 Å². The van der Waals surface area contributed by atoms with Crippen LogP contribution < -0.4 is 5.32 Å². The lowest BCUT2D eigenvalue weighted by Crippen LogP contribution is -2.44. The molecular weight excluding hydrogens is 342 g/mol. The maximum atomic E-state index is 12.5. The zero-order chi connectivity index (χ0) is 18.5. The van der Waals surface area contributed by atoms with Gasteiger partial charge in [0.1, 0.15) is 0 Å². The fraction of sp³-hybridized carbons (Fsp3) is 0.550. The van der Waals surface area contributed by atoms with Gasteiger partial charge in [-0.25, -0.2) is 4.68 Å². The van der Waals surface area contributed by atoms with Crippen LogP contribution >= 0.6 is 0 Å². The van der Waals surface area contributed by atoms with Crippen molar-refractivity contribution in [2.75, 3.05) is 19.7 Å². The summed E-state index contributed by atoms with van der Waals surface area (Å²) in [5, 5.41) is 11.2. The Morgan fingerprint density at radius 1 is 1.19 bits per heavy atom. The van der Waals surface area contributed by atoms with Crippen LogP contribution in [0.1, 0.15) is 41.7 Å². The normalized spacial score (nSPS) is 21.4. The number of likely N-dealkylation sites (tertiary alicyclic amines) is 1. The number of carbonyl (C=O) groups excluding carboxylic acids is 1. The second-order valence-corrected chi connectivity index (χ2v) is 7.47. The van der Waals surface area contributed by atoms with Crippen molar-refractivity contribution in [2.24, 2.45) is 0 Å². The van der Waals surface area contributed by atoms with Gasteiger partial charge < -0.3 is 10.1 Å². The summed E-state index contributed by atoms with van der Waals surface area (Å²) in [4.78, 5) is 14.9.